The smallest absolute Gasteiger partial charge is 0.188 e. The predicted octanol–water partition coefficient (Wildman–Crippen LogP) is 2.63. The second kappa shape index (κ2) is 11.5. The van der Waals surface area contributed by atoms with Crippen LogP contribution in [0.4, 0.5) is 5.69 Å². The van der Waals surface area contributed by atoms with E-state index >= 15 is 0 Å². The summed E-state index contributed by atoms with van der Waals surface area (Å²) in [7, 11) is 3.25. The number of nitrogens with two attached hydrogens (primary N) is 1. The molecule has 1 fully saturated rings. The largest absolute Gasteiger partial charge is 0.493 e. The van der Waals surface area contributed by atoms with Gasteiger partial charge in [-0.1, -0.05) is 18.2 Å². The second-order valence-electron chi connectivity index (χ2n) is 7.84. The van der Waals surface area contributed by atoms with E-state index in [4.69, 9.17) is 15.2 Å². The molecule has 1 aliphatic rings. The van der Waals surface area contributed by atoms with Crippen molar-refractivity contribution in [3.63, 3.8) is 0 Å². The lowest BCUT2D eigenvalue weighted by molar-refractivity contribution is 0.255. The molecule has 0 atom stereocenters. The molecule has 0 saturated carbocycles. The van der Waals surface area contributed by atoms with Gasteiger partial charge in [0.1, 0.15) is 0 Å². The molecule has 1 saturated heterocycles. The van der Waals surface area contributed by atoms with Crippen LogP contribution in [0.25, 0.3) is 0 Å². The summed E-state index contributed by atoms with van der Waals surface area (Å²) >= 11 is 0. The van der Waals surface area contributed by atoms with Crippen LogP contribution < -0.4 is 25.4 Å². The fourth-order valence-electron chi connectivity index (χ4n) is 3.78. The van der Waals surface area contributed by atoms with Gasteiger partial charge in [-0.3, -0.25) is 4.90 Å². The van der Waals surface area contributed by atoms with E-state index in [9.17, 15) is 0 Å². The SMILES string of the molecule is COc1ccc(CN=C(N)NCCCN2CCN(c3cccc(C)c3)CC2)cc1OC. The maximum absolute atomic E-state index is 6.02. The minimum absolute atomic E-state index is 0.471. The van der Waals surface area contributed by atoms with E-state index in [0.717, 1.165) is 51.3 Å². The number of nitrogens with zero attached hydrogens (tertiary/aromatic N) is 3. The lowest BCUT2D eigenvalue weighted by Gasteiger charge is -2.36. The number of piperazine rings is 1. The van der Waals surface area contributed by atoms with Crippen molar-refractivity contribution in [1.29, 1.82) is 0 Å². The van der Waals surface area contributed by atoms with Crippen molar-refractivity contribution in [2.45, 2.75) is 19.9 Å². The van der Waals surface area contributed by atoms with Crippen LogP contribution in [0, 0.1) is 6.92 Å². The van der Waals surface area contributed by atoms with Gasteiger partial charge in [0.15, 0.2) is 17.5 Å². The van der Waals surface area contributed by atoms with E-state index in [2.05, 4.69) is 51.3 Å². The number of nitrogens with one attached hydrogen (secondary N) is 1. The standard InChI is InChI=1S/C24H35N5O2/c1-19-6-4-7-21(16-19)29-14-12-28(13-15-29)11-5-10-26-24(25)27-18-20-8-9-22(30-2)23(17-20)31-3/h4,6-9,16-17H,5,10-15,18H2,1-3H3,(H3,25,26,27). The molecule has 0 spiro atoms. The Hall–Kier alpha value is -2.93. The third-order valence-corrected chi connectivity index (χ3v) is 5.58. The van der Waals surface area contributed by atoms with Gasteiger partial charge in [-0.2, -0.15) is 0 Å². The first-order chi connectivity index (χ1) is 15.1. The molecule has 0 unspecified atom stereocenters. The summed E-state index contributed by atoms with van der Waals surface area (Å²) in [4.78, 5) is 9.42. The summed E-state index contributed by atoms with van der Waals surface area (Å²) in [6.45, 7) is 8.87. The van der Waals surface area contributed by atoms with Crippen molar-refractivity contribution in [3.8, 4) is 11.5 Å². The van der Waals surface area contributed by atoms with Gasteiger partial charge >= 0.3 is 0 Å². The highest BCUT2D eigenvalue weighted by atomic mass is 16.5. The Morgan fingerprint density at radius 1 is 1.03 bits per heavy atom. The molecule has 0 aliphatic carbocycles. The Balaban J connectivity index is 1.34. The molecule has 3 N–H and O–H groups in total. The van der Waals surface area contributed by atoms with Crippen molar-refractivity contribution >= 4 is 11.6 Å². The van der Waals surface area contributed by atoms with Crippen molar-refractivity contribution < 1.29 is 9.47 Å². The Kier molecular flexibility index (Phi) is 8.41. The van der Waals surface area contributed by atoms with Gasteiger partial charge in [0.05, 0.1) is 20.8 Å². The number of anilines is 1. The fraction of sp³-hybridized carbons (Fsp3) is 0.458. The van der Waals surface area contributed by atoms with Crippen molar-refractivity contribution in [3.05, 3.63) is 53.6 Å². The van der Waals surface area contributed by atoms with Gasteiger partial charge in [0.25, 0.3) is 0 Å². The first kappa shape index (κ1) is 22.7. The Labute approximate surface area is 185 Å². The lowest BCUT2D eigenvalue weighted by Crippen LogP contribution is -2.47. The molecule has 0 radical (unpaired) electrons. The third kappa shape index (κ3) is 6.79. The number of guanidine groups is 1. The summed E-state index contributed by atoms with van der Waals surface area (Å²) in [5.41, 5.74) is 9.70. The molecule has 0 aromatic heterocycles. The van der Waals surface area contributed by atoms with E-state index < -0.39 is 0 Å². The molecular weight excluding hydrogens is 390 g/mol. The molecule has 0 amide bonds. The summed E-state index contributed by atoms with van der Waals surface area (Å²) < 4.78 is 10.6. The zero-order chi connectivity index (χ0) is 22.1. The monoisotopic (exact) mass is 425 g/mol. The number of aliphatic imine (C=N–C) groups is 1. The Bertz CT molecular complexity index is 863. The molecule has 1 heterocycles. The molecule has 2 aromatic rings. The van der Waals surface area contributed by atoms with Crippen LogP contribution in [0.1, 0.15) is 17.5 Å². The maximum atomic E-state index is 6.02. The van der Waals surface area contributed by atoms with Crippen LogP contribution in [0.15, 0.2) is 47.5 Å². The minimum Gasteiger partial charge on any atom is -0.493 e. The third-order valence-electron chi connectivity index (χ3n) is 5.58. The zero-order valence-electron chi connectivity index (χ0n) is 18.9. The van der Waals surface area contributed by atoms with Crippen molar-refractivity contribution in [2.75, 3.05) is 58.4 Å². The van der Waals surface area contributed by atoms with Crippen LogP contribution in [0.5, 0.6) is 11.5 Å². The molecule has 168 valence electrons. The average Bonchev–Trinajstić information content (AvgIpc) is 2.80. The highest BCUT2D eigenvalue weighted by Crippen LogP contribution is 2.27. The average molecular weight is 426 g/mol. The maximum Gasteiger partial charge on any atom is 0.188 e. The van der Waals surface area contributed by atoms with Crippen LogP contribution in [0.2, 0.25) is 0 Å². The van der Waals surface area contributed by atoms with Crippen LogP contribution in [0.3, 0.4) is 0 Å². The zero-order valence-corrected chi connectivity index (χ0v) is 18.9. The molecule has 1 aliphatic heterocycles. The number of benzene rings is 2. The van der Waals surface area contributed by atoms with Gasteiger partial charge in [-0.15, -0.1) is 0 Å². The molecule has 7 nitrogen and oxygen atoms in total. The molecule has 31 heavy (non-hydrogen) atoms. The van der Waals surface area contributed by atoms with Gasteiger partial charge in [0.2, 0.25) is 0 Å². The highest BCUT2D eigenvalue weighted by Gasteiger charge is 2.16. The van der Waals surface area contributed by atoms with Crippen molar-refractivity contribution in [2.24, 2.45) is 10.7 Å². The van der Waals surface area contributed by atoms with Gasteiger partial charge < -0.3 is 25.4 Å². The van der Waals surface area contributed by atoms with Crippen LogP contribution in [-0.2, 0) is 6.54 Å². The lowest BCUT2D eigenvalue weighted by atomic mass is 10.2. The van der Waals surface area contributed by atoms with E-state index in [-0.39, 0.29) is 0 Å². The normalized spacial score (nSPS) is 15.1. The summed E-state index contributed by atoms with van der Waals surface area (Å²) in [5.74, 6) is 1.88. The quantitative estimate of drug-likeness (QED) is 0.365. The summed E-state index contributed by atoms with van der Waals surface area (Å²) in [5, 5.41) is 3.22. The Morgan fingerprint density at radius 3 is 2.52 bits per heavy atom. The molecule has 7 heteroatoms. The van der Waals surface area contributed by atoms with Gasteiger partial charge in [-0.05, 0) is 55.3 Å². The number of hydrogen-bond donors (Lipinski definition) is 2. The first-order valence-corrected chi connectivity index (χ1v) is 10.9. The van der Waals surface area contributed by atoms with Crippen molar-refractivity contribution in [1.82, 2.24) is 10.2 Å². The number of ether oxygens (including phenoxy) is 2. The number of rotatable bonds is 9. The van der Waals surface area contributed by atoms with E-state index in [1.165, 1.54) is 11.3 Å². The molecule has 3 rings (SSSR count). The topological polar surface area (TPSA) is 75.4 Å². The van der Waals surface area contributed by atoms with Crippen LogP contribution in [-0.4, -0.2) is 64.3 Å². The van der Waals surface area contributed by atoms with Crippen LogP contribution >= 0.6 is 0 Å². The fourth-order valence-corrected chi connectivity index (χ4v) is 3.78. The van der Waals surface area contributed by atoms with E-state index in [1.54, 1.807) is 14.2 Å². The number of methoxy groups -OCH3 is 2. The Morgan fingerprint density at radius 2 is 1.81 bits per heavy atom. The van der Waals surface area contributed by atoms with Gasteiger partial charge in [0, 0.05) is 38.4 Å². The molecule has 2 aromatic carbocycles. The summed E-state index contributed by atoms with van der Waals surface area (Å²) in [6.07, 6.45) is 1.04. The second-order valence-corrected chi connectivity index (χ2v) is 7.84. The minimum atomic E-state index is 0.471. The number of hydrogen-bond acceptors (Lipinski definition) is 5. The molecular formula is C24H35N5O2. The summed E-state index contributed by atoms with van der Waals surface area (Å²) in [6, 6.07) is 14.5. The van der Waals surface area contributed by atoms with Gasteiger partial charge in [-0.25, -0.2) is 4.99 Å². The van der Waals surface area contributed by atoms with E-state index in [1.807, 2.05) is 18.2 Å². The first-order valence-electron chi connectivity index (χ1n) is 10.9. The highest BCUT2D eigenvalue weighted by molar-refractivity contribution is 5.77. The molecule has 0 bridgehead atoms. The van der Waals surface area contributed by atoms with E-state index in [0.29, 0.717) is 24.0 Å². The predicted molar refractivity (Wildman–Crippen MR) is 127 cm³/mol. The number of aryl methyl sites for hydroxylation is 1.